The van der Waals surface area contributed by atoms with Gasteiger partial charge in [0, 0.05) is 11.5 Å². The van der Waals surface area contributed by atoms with E-state index in [-0.39, 0.29) is 16.9 Å². The second kappa shape index (κ2) is 4.84. The molecule has 0 saturated carbocycles. The maximum absolute atomic E-state index is 11.3. The van der Waals surface area contributed by atoms with Crippen LogP contribution in [0.15, 0.2) is 30.3 Å². The Kier molecular flexibility index (Phi) is 3.43. The molecular formula is C13H18N2O2. The maximum Gasteiger partial charge on any atom is 0.236 e. The summed E-state index contributed by atoms with van der Waals surface area (Å²) in [6, 6.07) is 9.40. The Labute approximate surface area is 101 Å². The molecule has 0 radical (unpaired) electrons. The molecule has 4 nitrogen and oxygen atoms in total. The minimum Gasteiger partial charge on any atom is -0.296 e. The number of likely N-dealkylation sites (tertiary alicyclic amines) is 1. The fraction of sp³-hybridized carbons (Fsp3) is 0.538. The lowest BCUT2D eigenvalue weighted by Crippen LogP contribution is -2.37. The summed E-state index contributed by atoms with van der Waals surface area (Å²) in [6.07, 6.45) is 0.825. The van der Waals surface area contributed by atoms with Gasteiger partial charge in [-0.2, -0.15) is 0 Å². The Morgan fingerprint density at radius 2 is 2.06 bits per heavy atom. The predicted molar refractivity (Wildman–Crippen MR) is 66.7 cm³/mol. The molecule has 0 aliphatic carbocycles. The van der Waals surface area contributed by atoms with Crippen molar-refractivity contribution in [2.75, 3.05) is 13.6 Å². The van der Waals surface area contributed by atoms with E-state index >= 15 is 0 Å². The van der Waals surface area contributed by atoms with Crippen molar-refractivity contribution in [1.82, 2.24) is 4.90 Å². The average molecular weight is 234 g/mol. The van der Waals surface area contributed by atoms with Gasteiger partial charge in [0.25, 0.3) is 0 Å². The van der Waals surface area contributed by atoms with Gasteiger partial charge < -0.3 is 0 Å². The molecule has 1 heterocycles. The van der Waals surface area contributed by atoms with Crippen molar-refractivity contribution in [3.63, 3.8) is 0 Å². The number of rotatable bonds is 3. The fourth-order valence-electron chi connectivity index (χ4n) is 2.93. The Morgan fingerprint density at radius 3 is 2.59 bits per heavy atom. The number of benzene rings is 1. The van der Waals surface area contributed by atoms with Gasteiger partial charge in [-0.15, -0.1) is 0 Å². The zero-order valence-electron chi connectivity index (χ0n) is 10.2. The molecule has 2 rings (SSSR count). The third kappa shape index (κ3) is 2.17. The molecule has 0 N–H and O–H groups in total. The summed E-state index contributed by atoms with van der Waals surface area (Å²) in [6.45, 7) is 2.79. The SMILES string of the molecule is CC[C@H]1[C@H]([N+](=O)[O-])C(c2ccccc2)CN1C. The van der Waals surface area contributed by atoms with Crippen molar-refractivity contribution in [3.8, 4) is 0 Å². The smallest absolute Gasteiger partial charge is 0.236 e. The van der Waals surface area contributed by atoms with Crippen LogP contribution in [0.4, 0.5) is 0 Å². The molecule has 1 aliphatic rings. The molecule has 0 aromatic heterocycles. The highest BCUT2D eigenvalue weighted by atomic mass is 16.6. The van der Waals surface area contributed by atoms with Crippen molar-refractivity contribution >= 4 is 0 Å². The van der Waals surface area contributed by atoms with Gasteiger partial charge in [0.1, 0.15) is 0 Å². The van der Waals surface area contributed by atoms with E-state index in [4.69, 9.17) is 0 Å². The van der Waals surface area contributed by atoms with E-state index in [1.54, 1.807) is 0 Å². The van der Waals surface area contributed by atoms with Crippen molar-refractivity contribution in [3.05, 3.63) is 46.0 Å². The zero-order chi connectivity index (χ0) is 12.4. The van der Waals surface area contributed by atoms with Crippen LogP contribution in [0.2, 0.25) is 0 Å². The van der Waals surface area contributed by atoms with Gasteiger partial charge in [-0.25, -0.2) is 0 Å². The highest BCUT2D eigenvalue weighted by Crippen LogP contribution is 2.34. The molecule has 0 spiro atoms. The van der Waals surface area contributed by atoms with Crippen molar-refractivity contribution in [2.45, 2.75) is 31.3 Å². The van der Waals surface area contributed by atoms with Crippen LogP contribution in [0.1, 0.15) is 24.8 Å². The normalized spacial score (nSPS) is 29.4. The van der Waals surface area contributed by atoms with Crippen molar-refractivity contribution in [2.24, 2.45) is 0 Å². The molecule has 92 valence electrons. The highest BCUT2D eigenvalue weighted by Gasteiger charge is 2.47. The number of likely N-dealkylation sites (N-methyl/N-ethyl adjacent to an activating group) is 1. The summed E-state index contributed by atoms with van der Waals surface area (Å²) in [7, 11) is 1.98. The molecule has 17 heavy (non-hydrogen) atoms. The standard InChI is InChI=1S/C13H18N2O2/c1-3-12-13(15(16)17)11(9-14(12)2)10-7-5-4-6-8-10/h4-8,11-13H,3,9H2,1-2H3/t11?,12-,13+/m0/s1. The Bertz CT molecular complexity index is 394. The molecule has 0 amide bonds. The summed E-state index contributed by atoms with van der Waals surface area (Å²) in [5.41, 5.74) is 1.08. The Morgan fingerprint density at radius 1 is 1.41 bits per heavy atom. The minimum atomic E-state index is -0.479. The van der Waals surface area contributed by atoms with Crippen LogP contribution in [0.3, 0.4) is 0 Å². The Hall–Kier alpha value is -1.42. The fourth-order valence-corrected chi connectivity index (χ4v) is 2.93. The van der Waals surface area contributed by atoms with Gasteiger partial charge in [-0.05, 0) is 19.0 Å². The topological polar surface area (TPSA) is 46.4 Å². The number of hydrogen-bond acceptors (Lipinski definition) is 3. The number of nitro groups is 1. The third-order valence-corrected chi connectivity index (χ3v) is 3.75. The zero-order valence-corrected chi connectivity index (χ0v) is 10.2. The van der Waals surface area contributed by atoms with Gasteiger partial charge in [0.15, 0.2) is 0 Å². The molecule has 1 aromatic carbocycles. The van der Waals surface area contributed by atoms with Crippen molar-refractivity contribution in [1.29, 1.82) is 0 Å². The molecule has 1 saturated heterocycles. The van der Waals surface area contributed by atoms with Crippen LogP contribution in [-0.4, -0.2) is 35.5 Å². The van der Waals surface area contributed by atoms with Crippen LogP contribution in [0, 0.1) is 10.1 Å². The lowest BCUT2D eigenvalue weighted by Gasteiger charge is -2.18. The van der Waals surface area contributed by atoms with E-state index in [1.165, 1.54) is 0 Å². The second-order valence-corrected chi connectivity index (χ2v) is 4.71. The van der Waals surface area contributed by atoms with Crippen LogP contribution in [0.25, 0.3) is 0 Å². The summed E-state index contributed by atoms with van der Waals surface area (Å²) in [5.74, 6) is 0.0150. The molecule has 1 aliphatic heterocycles. The van der Waals surface area contributed by atoms with Gasteiger partial charge in [0.2, 0.25) is 6.04 Å². The van der Waals surface area contributed by atoms with E-state index in [0.717, 1.165) is 18.5 Å². The van der Waals surface area contributed by atoms with E-state index in [9.17, 15) is 10.1 Å². The van der Waals surface area contributed by atoms with Crippen molar-refractivity contribution < 1.29 is 4.92 Å². The monoisotopic (exact) mass is 234 g/mol. The number of nitrogens with zero attached hydrogens (tertiary/aromatic N) is 2. The largest absolute Gasteiger partial charge is 0.296 e. The predicted octanol–water partition coefficient (Wildman–Crippen LogP) is 2.14. The molecule has 1 aromatic rings. The molecule has 1 unspecified atom stereocenters. The second-order valence-electron chi connectivity index (χ2n) is 4.71. The summed E-state index contributed by atoms with van der Waals surface area (Å²) < 4.78 is 0. The van der Waals surface area contributed by atoms with E-state index in [2.05, 4.69) is 4.90 Å². The molecule has 1 fully saturated rings. The first-order valence-corrected chi connectivity index (χ1v) is 6.03. The van der Waals surface area contributed by atoms with E-state index < -0.39 is 6.04 Å². The van der Waals surface area contributed by atoms with Crippen LogP contribution in [0.5, 0.6) is 0 Å². The number of hydrogen-bond donors (Lipinski definition) is 0. The highest BCUT2D eigenvalue weighted by molar-refractivity contribution is 5.23. The first-order chi connectivity index (χ1) is 8.15. The molecule has 3 atom stereocenters. The van der Waals surface area contributed by atoms with Crippen LogP contribution >= 0.6 is 0 Å². The summed E-state index contributed by atoms with van der Waals surface area (Å²) >= 11 is 0. The van der Waals surface area contributed by atoms with Gasteiger partial charge >= 0.3 is 0 Å². The van der Waals surface area contributed by atoms with Gasteiger partial charge in [-0.3, -0.25) is 15.0 Å². The molecule has 0 bridgehead atoms. The maximum atomic E-state index is 11.3. The molecule has 4 heteroatoms. The summed E-state index contributed by atoms with van der Waals surface area (Å²) in [4.78, 5) is 13.3. The first kappa shape index (κ1) is 12.0. The van der Waals surface area contributed by atoms with Gasteiger partial charge in [0.05, 0.1) is 12.0 Å². The average Bonchev–Trinajstić information content (AvgIpc) is 2.67. The molecular weight excluding hydrogens is 216 g/mol. The lowest BCUT2D eigenvalue weighted by atomic mass is 9.91. The minimum absolute atomic E-state index is 0.0150. The quantitative estimate of drug-likeness (QED) is 0.594. The van der Waals surface area contributed by atoms with Gasteiger partial charge in [-0.1, -0.05) is 37.3 Å². The Balaban J connectivity index is 2.31. The van der Waals surface area contributed by atoms with E-state index in [1.807, 2.05) is 44.3 Å². The van der Waals surface area contributed by atoms with Crippen LogP contribution in [-0.2, 0) is 0 Å². The summed E-state index contributed by atoms with van der Waals surface area (Å²) in [5, 5.41) is 11.3. The third-order valence-electron chi connectivity index (χ3n) is 3.75. The lowest BCUT2D eigenvalue weighted by molar-refractivity contribution is -0.527. The first-order valence-electron chi connectivity index (χ1n) is 6.03. The van der Waals surface area contributed by atoms with E-state index in [0.29, 0.717) is 0 Å². The van der Waals surface area contributed by atoms with Crippen LogP contribution < -0.4 is 0 Å².